The van der Waals surface area contributed by atoms with Gasteiger partial charge in [0.05, 0.1) is 32.1 Å². The van der Waals surface area contributed by atoms with Gasteiger partial charge >= 0.3 is 0 Å². The second kappa shape index (κ2) is 9.42. The lowest BCUT2D eigenvalue weighted by Gasteiger charge is -2.30. The number of aliphatic hydroxyl groups excluding tert-OH is 1. The number of carbonyl (C=O) groups excluding carboxylic acids is 1. The van der Waals surface area contributed by atoms with E-state index in [2.05, 4.69) is 26.5 Å². The van der Waals surface area contributed by atoms with E-state index in [1.165, 1.54) is 0 Å². The fourth-order valence-corrected chi connectivity index (χ4v) is 4.08. The minimum absolute atomic E-state index is 0.0774. The largest absolute Gasteiger partial charge is 0.493 e. The van der Waals surface area contributed by atoms with Crippen molar-refractivity contribution in [2.75, 3.05) is 26.4 Å². The summed E-state index contributed by atoms with van der Waals surface area (Å²) in [5.41, 5.74) is 3.63. The number of ether oxygens (including phenoxy) is 3. The molecule has 10 nitrogen and oxygen atoms in total. The maximum Gasteiger partial charge on any atom is 0.270 e. The molecule has 2 aromatic rings. The van der Waals surface area contributed by atoms with Gasteiger partial charge in [-0.05, 0) is 30.2 Å². The van der Waals surface area contributed by atoms with Crippen LogP contribution < -0.4 is 10.1 Å². The lowest BCUT2D eigenvalue weighted by molar-refractivity contribution is -0.178. The summed E-state index contributed by atoms with van der Waals surface area (Å²) >= 11 is 0. The van der Waals surface area contributed by atoms with Crippen LogP contribution >= 0.6 is 0 Å². The van der Waals surface area contributed by atoms with Crippen LogP contribution in [0.2, 0.25) is 0 Å². The number of aliphatic hydroxyl groups is 1. The Kier molecular flexibility index (Phi) is 6.21. The average molecular weight is 454 g/mol. The van der Waals surface area contributed by atoms with Gasteiger partial charge in [0.15, 0.2) is 6.10 Å². The van der Waals surface area contributed by atoms with E-state index in [9.17, 15) is 4.79 Å². The maximum atomic E-state index is 12.8. The predicted octanol–water partition coefficient (Wildman–Crippen LogP) is 0.919. The Morgan fingerprint density at radius 2 is 2.09 bits per heavy atom. The fourth-order valence-electron chi connectivity index (χ4n) is 4.08. The molecule has 1 aromatic heterocycles. The fraction of sp³-hybridized carbons (Fsp3) is 0.478. The third-order valence-corrected chi connectivity index (χ3v) is 5.88. The molecule has 0 unspecified atom stereocenters. The zero-order chi connectivity index (χ0) is 22.8. The van der Waals surface area contributed by atoms with Crippen molar-refractivity contribution in [3.05, 3.63) is 52.6 Å². The predicted molar refractivity (Wildman–Crippen MR) is 116 cm³/mol. The molecule has 3 aliphatic rings. The Morgan fingerprint density at radius 1 is 1.18 bits per heavy atom. The van der Waals surface area contributed by atoms with E-state index in [4.69, 9.17) is 24.2 Å². The first-order valence-corrected chi connectivity index (χ1v) is 11.0. The third-order valence-electron chi connectivity index (χ3n) is 5.88. The average Bonchev–Trinajstić information content (AvgIpc) is 3.52. The number of nitrogens with zero attached hydrogens (tertiary/aromatic N) is 3. The molecule has 5 rings (SSSR count). The normalized spacial score (nSPS) is 23.9. The number of hydrogen-bond acceptors (Lipinski definition) is 9. The third kappa shape index (κ3) is 4.82. The molecule has 4 heterocycles. The Labute approximate surface area is 190 Å². The minimum atomic E-state index is -0.309. The van der Waals surface area contributed by atoms with Gasteiger partial charge in [-0.2, -0.15) is 0 Å². The number of fused-ring (bicyclic) bond motifs is 1. The number of oxime groups is 1. The lowest BCUT2D eigenvalue weighted by Crippen LogP contribution is -2.43. The van der Waals surface area contributed by atoms with Crippen LogP contribution in [-0.2, 0) is 27.3 Å². The first kappa shape index (κ1) is 21.7. The Bertz CT molecular complexity index is 1070. The summed E-state index contributed by atoms with van der Waals surface area (Å²) in [6.07, 6.45) is 0.468. The van der Waals surface area contributed by atoms with Crippen molar-refractivity contribution in [1.82, 2.24) is 15.3 Å². The number of carbonyl (C=O) groups is 1. The van der Waals surface area contributed by atoms with Crippen molar-refractivity contribution < 1.29 is 28.9 Å². The molecule has 0 radical (unpaired) electrons. The number of rotatable bonds is 6. The molecule has 1 saturated heterocycles. The number of aryl methyl sites for hydroxylation is 1. The van der Waals surface area contributed by atoms with Gasteiger partial charge in [-0.15, -0.1) is 0 Å². The summed E-state index contributed by atoms with van der Waals surface area (Å²) < 4.78 is 16.8. The summed E-state index contributed by atoms with van der Waals surface area (Å²) in [4.78, 5) is 27.1. The second-order valence-electron chi connectivity index (χ2n) is 8.30. The molecule has 0 aliphatic carbocycles. The molecule has 3 atom stereocenters. The van der Waals surface area contributed by atoms with Gasteiger partial charge in [0, 0.05) is 19.4 Å². The quantitative estimate of drug-likeness (QED) is 0.660. The highest BCUT2D eigenvalue weighted by Gasteiger charge is 2.35. The van der Waals surface area contributed by atoms with E-state index >= 15 is 0 Å². The van der Waals surface area contributed by atoms with E-state index in [0.717, 1.165) is 23.3 Å². The van der Waals surface area contributed by atoms with Gasteiger partial charge in [0.2, 0.25) is 0 Å². The van der Waals surface area contributed by atoms with Crippen molar-refractivity contribution in [3.8, 4) is 5.75 Å². The number of aromatic nitrogens is 2. The Hall–Kier alpha value is -3.08. The first-order chi connectivity index (χ1) is 16.1. The highest BCUT2D eigenvalue weighted by Crippen LogP contribution is 2.26. The van der Waals surface area contributed by atoms with Crippen LogP contribution in [0.25, 0.3) is 0 Å². The smallest absolute Gasteiger partial charge is 0.270 e. The van der Waals surface area contributed by atoms with Crippen LogP contribution in [0.3, 0.4) is 0 Å². The zero-order valence-electron chi connectivity index (χ0n) is 18.3. The molecular weight excluding hydrogens is 428 g/mol. The number of amides is 1. The standard InChI is InChI=1S/C23H26N4O6/c1-13-25-17(18-8-21(33-27-18)22-12-31-16(10-28)11-32-22)7-19(26-13)23(29)24-9-14-2-3-20-15(6-14)4-5-30-20/h2-3,6-7,16,21-22,28H,4-5,8-12H2,1H3,(H,24,29)/t16-,21+,22-/m1/s1. The van der Waals surface area contributed by atoms with E-state index in [1.807, 2.05) is 12.1 Å². The van der Waals surface area contributed by atoms with Crippen LogP contribution in [0.1, 0.15) is 39.6 Å². The van der Waals surface area contributed by atoms with Crippen molar-refractivity contribution >= 4 is 11.6 Å². The number of nitrogens with one attached hydrogen (secondary N) is 1. The summed E-state index contributed by atoms with van der Waals surface area (Å²) in [7, 11) is 0. The van der Waals surface area contributed by atoms with Gasteiger partial charge in [-0.1, -0.05) is 17.3 Å². The molecular formula is C23H26N4O6. The summed E-state index contributed by atoms with van der Waals surface area (Å²) in [5.74, 6) is 1.10. The molecule has 33 heavy (non-hydrogen) atoms. The Morgan fingerprint density at radius 3 is 2.91 bits per heavy atom. The molecule has 2 N–H and O–H groups in total. The van der Waals surface area contributed by atoms with Crippen molar-refractivity contribution in [1.29, 1.82) is 0 Å². The first-order valence-electron chi connectivity index (χ1n) is 11.0. The number of benzene rings is 1. The number of hydrogen-bond donors (Lipinski definition) is 2. The van der Waals surface area contributed by atoms with Gasteiger partial charge in [0.1, 0.15) is 35.2 Å². The van der Waals surface area contributed by atoms with Crippen LogP contribution in [-0.4, -0.2) is 71.4 Å². The van der Waals surface area contributed by atoms with Crippen LogP contribution in [0.5, 0.6) is 5.75 Å². The zero-order valence-corrected chi connectivity index (χ0v) is 18.3. The molecule has 0 bridgehead atoms. The van der Waals surface area contributed by atoms with Gasteiger partial charge in [-0.3, -0.25) is 4.79 Å². The molecule has 1 amide bonds. The molecule has 174 valence electrons. The van der Waals surface area contributed by atoms with Crippen LogP contribution in [0.15, 0.2) is 29.4 Å². The van der Waals surface area contributed by atoms with E-state index in [0.29, 0.717) is 50.0 Å². The highest BCUT2D eigenvalue weighted by molar-refractivity contribution is 6.02. The second-order valence-corrected chi connectivity index (χ2v) is 8.30. The van der Waals surface area contributed by atoms with Crippen molar-refractivity contribution in [2.24, 2.45) is 5.16 Å². The molecule has 0 spiro atoms. The van der Waals surface area contributed by atoms with Gasteiger partial charge < -0.3 is 29.5 Å². The lowest BCUT2D eigenvalue weighted by atomic mass is 10.0. The van der Waals surface area contributed by atoms with E-state index in [1.54, 1.807) is 13.0 Å². The Balaban J connectivity index is 1.21. The molecule has 10 heteroatoms. The minimum Gasteiger partial charge on any atom is -0.493 e. The summed E-state index contributed by atoms with van der Waals surface area (Å²) in [6.45, 7) is 3.39. The molecule has 3 aliphatic heterocycles. The summed E-state index contributed by atoms with van der Waals surface area (Å²) in [6, 6.07) is 7.58. The van der Waals surface area contributed by atoms with Gasteiger partial charge in [-0.25, -0.2) is 9.97 Å². The van der Waals surface area contributed by atoms with Crippen LogP contribution in [0.4, 0.5) is 0 Å². The summed E-state index contributed by atoms with van der Waals surface area (Å²) in [5, 5.41) is 16.3. The van der Waals surface area contributed by atoms with E-state index in [-0.39, 0.29) is 36.5 Å². The molecule has 1 aromatic carbocycles. The topological polar surface area (TPSA) is 124 Å². The SMILES string of the molecule is Cc1nc(C(=O)NCc2ccc3c(c2)CCO3)cc(C2=NO[C@H]([C@H]3CO[C@H](CO)CO3)C2)n1. The monoisotopic (exact) mass is 454 g/mol. The highest BCUT2D eigenvalue weighted by atomic mass is 16.7. The van der Waals surface area contributed by atoms with E-state index < -0.39 is 0 Å². The van der Waals surface area contributed by atoms with Gasteiger partial charge in [0.25, 0.3) is 5.91 Å². The van der Waals surface area contributed by atoms with Crippen molar-refractivity contribution in [3.63, 3.8) is 0 Å². The molecule has 1 fully saturated rings. The maximum absolute atomic E-state index is 12.8. The van der Waals surface area contributed by atoms with Crippen molar-refractivity contribution in [2.45, 2.75) is 44.6 Å². The van der Waals surface area contributed by atoms with Crippen LogP contribution in [0, 0.1) is 6.92 Å². The molecule has 0 saturated carbocycles.